The molecule has 6 aliphatic rings. The number of benzene rings is 3. The van der Waals surface area contributed by atoms with E-state index in [0.29, 0.717) is 72.4 Å². The Balaban J connectivity index is 0.000000249. The molecule has 0 aliphatic carbocycles. The molecular formula is C76H107BN14NaO5S3. The summed E-state index contributed by atoms with van der Waals surface area (Å²) in [5.41, 5.74) is 22.5. The number of aryl methyl sites for hydroxylation is 2. The number of carbonyl (C=O) groups excluding carboxylic acids is 3. The van der Waals surface area contributed by atoms with Gasteiger partial charge in [-0.25, -0.2) is 29.7 Å². The number of ketones is 1. The molecule has 8 atom stereocenters. The standard InChI is InChI=1S/C27H34N6O2S.C18H25N3S.C18H23N3S.C10H12N2O3.3CH4.B.Na.H/c1-4-17-12-19(14-29-24(17)28)30-25(34)27(35)33-15-16(2)7-9-21(33)18-8-10-23-20(13-18)31-26(36-23)22-6-5-11-32(22)3;2*1-12-5-7-14(19-11-12)13-6-8-17-15(10-13)20-18(22-17)16-4-3-9-21(16)2;1-2-7-3-6(5-12-9(7)11)4-8(13)10(14)15;;;;;;/h8,10,12-14,16,21-22H,4-7,9,11,15H2,1-3H3,(H2,28,29)(H,30,34);6,8,10,12,14,16,19H,3-5,7,9,11H2,1-2H3;6,8,10,12,16H,3-5,7,9,11H2,1-2H3;3,5H,2,4H2,1H3,(H2,11,12)(H,14,15);3*1H4;;;/q;;;;;;;;+1;-1/t16-,21+,22-;12-,14+,16?;12-,16?;;;;;;;/m000......./s1. The van der Waals surface area contributed by atoms with Gasteiger partial charge in [-0.15, -0.1) is 34.0 Å². The fourth-order valence-corrected chi connectivity index (χ4v) is 17.5. The number of piperidine rings is 2. The summed E-state index contributed by atoms with van der Waals surface area (Å²) in [4.78, 5) is 84.3. The number of nitrogens with two attached hydrogens (primary N) is 2. The maximum Gasteiger partial charge on any atom is 1.00 e. The summed E-state index contributed by atoms with van der Waals surface area (Å²) >= 11 is 5.50. The number of aliphatic imine (C=N–C) groups is 1. The van der Waals surface area contributed by atoms with Crippen LogP contribution >= 0.6 is 34.0 Å². The summed E-state index contributed by atoms with van der Waals surface area (Å²) in [7, 11) is 6.60. The Hall–Kier alpha value is -6.12. The molecule has 14 rings (SSSR count). The van der Waals surface area contributed by atoms with Gasteiger partial charge in [-0.3, -0.25) is 34.1 Å². The number of fused-ring (bicyclic) bond motifs is 3. The average molecular weight is 1430 g/mol. The third kappa shape index (κ3) is 20.2. The molecule has 19 nitrogen and oxygen atoms in total. The average Bonchev–Trinajstić information content (AvgIpc) is 1.53. The number of aliphatic carboxylic acids is 1. The smallest absolute Gasteiger partial charge is 1.00 e. The monoisotopic (exact) mass is 1430 g/mol. The number of carboxylic acids is 1. The third-order valence-corrected chi connectivity index (χ3v) is 23.3. The molecule has 5 saturated heterocycles. The number of anilines is 3. The predicted molar refractivity (Wildman–Crippen MR) is 413 cm³/mol. The number of rotatable bonds is 12. The summed E-state index contributed by atoms with van der Waals surface area (Å²) in [6, 6.07) is 25.2. The second-order valence-electron chi connectivity index (χ2n) is 27.2. The Morgan fingerprint density at radius 1 is 0.620 bits per heavy atom. The molecule has 0 bridgehead atoms. The number of hydrogen-bond acceptors (Lipinski definition) is 19. The molecule has 533 valence electrons. The first-order valence-corrected chi connectivity index (χ1v) is 36.7. The number of pyridine rings is 2. The van der Waals surface area contributed by atoms with Crippen molar-refractivity contribution in [2.75, 3.05) is 77.2 Å². The molecule has 6 aliphatic heterocycles. The van der Waals surface area contributed by atoms with E-state index >= 15 is 0 Å². The first kappa shape index (κ1) is 82.8. The van der Waals surface area contributed by atoms with Gasteiger partial charge in [0.05, 0.1) is 66.7 Å². The van der Waals surface area contributed by atoms with E-state index in [-0.39, 0.29) is 74.1 Å². The molecule has 5 aromatic heterocycles. The molecule has 11 heterocycles. The number of Topliss-reactive ketones (excluding diaryl/α,β-unsaturated/α-hetero) is 1. The van der Waals surface area contributed by atoms with Gasteiger partial charge < -0.3 is 33.5 Å². The van der Waals surface area contributed by atoms with E-state index in [1.807, 2.05) is 36.5 Å². The fraction of sp³-hybridized carbons (Fsp3) is 0.526. The van der Waals surface area contributed by atoms with Crippen LogP contribution in [0.3, 0.4) is 0 Å². The van der Waals surface area contributed by atoms with Crippen LogP contribution in [0.15, 0.2) is 84.1 Å². The quantitative estimate of drug-likeness (QED) is 0.0563. The Bertz CT molecular complexity index is 4090. The van der Waals surface area contributed by atoms with Gasteiger partial charge >= 0.3 is 47.3 Å². The summed E-state index contributed by atoms with van der Waals surface area (Å²) in [6.07, 6.45) is 18.4. The number of likely N-dealkylation sites (tertiary alicyclic amines) is 4. The van der Waals surface area contributed by atoms with Crippen molar-refractivity contribution in [3.8, 4) is 0 Å². The summed E-state index contributed by atoms with van der Waals surface area (Å²) in [5.74, 6) is -0.711. The number of thiazole rings is 3. The van der Waals surface area contributed by atoms with Crippen molar-refractivity contribution >= 4 is 120 Å². The number of nitrogens with zero attached hydrogens (tertiary/aromatic N) is 10. The van der Waals surface area contributed by atoms with Crippen LogP contribution in [-0.2, 0) is 38.4 Å². The van der Waals surface area contributed by atoms with E-state index in [2.05, 4.69) is 132 Å². The van der Waals surface area contributed by atoms with Crippen LogP contribution < -0.4 is 51.7 Å². The molecular weight excluding hydrogens is 1320 g/mol. The molecule has 3 radical (unpaired) electrons. The van der Waals surface area contributed by atoms with Crippen molar-refractivity contribution in [1.29, 1.82) is 0 Å². The maximum atomic E-state index is 13.4. The van der Waals surface area contributed by atoms with Gasteiger partial charge in [0.15, 0.2) is 0 Å². The Morgan fingerprint density at radius 2 is 1.13 bits per heavy atom. The zero-order chi connectivity index (χ0) is 67.0. The molecule has 3 aromatic carbocycles. The number of nitrogen functional groups attached to an aromatic ring is 2. The van der Waals surface area contributed by atoms with Crippen molar-refractivity contribution in [1.82, 2.24) is 49.8 Å². The van der Waals surface area contributed by atoms with Crippen LogP contribution in [0.2, 0.25) is 0 Å². The number of aromatic nitrogens is 5. The molecule has 7 N–H and O–H groups in total. The molecule has 24 heteroatoms. The molecule has 2 unspecified atom stereocenters. The van der Waals surface area contributed by atoms with Gasteiger partial charge in [-0.1, -0.05) is 81.2 Å². The van der Waals surface area contributed by atoms with E-state index < -0.39 is 23.6 Å². The predicted octanol–water partition coefficient (Wildman–Crippen LogP) is 12.0. The SMILES string of the molecule is C.C.C.CCc1cc(CC(=O)C(=O)O)cnc1N.CCc1cc(NC(=O)C(=O)N2C[C@@H](C)CC[C@@H]2c2ccc3sc([C@@H]4CCCN4C)nc3c2)cnc1N.C[C@H]1CCC(c2ccc3sc(C4CCCN4C)nc3c2)=NC1.C[C@H]1CC[C@H](c2ccc3sc(C4CCCN4C)nc3c2)NC1.[B].[H-].[Na+]. The number of carbonyl (C=O) groups is 4. The van der Waals surface area contributed by atoms with Gasteiger partial charge in [0.2, 0.25) is 5.78 Å². The minimum Gasteiger partial charge on any atom is -1.00 e. The number of nitrogens with one attached hydrogen (secondary N) is 2. The number of hydrogen-bond donors (Lipinski definition) is 5. The van der Waals surface area contributed by atoms with Crippen LogP contribution in [0, 0.1) is 17.8 Å². The molecule has 8 aromatic rings. The maximum absolute atomic E-state index is 13.4. The third-order valence-electron chi connectivity index (χ3n) is 19.9. The molecule has 0 spiro atoms. The van der Waals surface area contributed by atoms with E-state index in [0.717, 1.165) is 94.6 Å². The minimum atomic E-state index is -1.43. The van der Waals surface area contributed by atoms with E-state index in [9.17, 15) is 19.2 Å². The number of carboxylic acid groups (broad SMARTS) is 1. The van der Waals surface area contributed by atoms with Crippen LogP contribution in [0.4, 0.5) is 17.3 Å². The topological polar surface area (TPSA) is 254 Å². The largest absolute Gasteiger partial charge is 1.00 e. The molecule has 2 amide bonds. The van der Waals surface area contributed by atoms with E-state index in [4.69, 9.17) is 36.5 Å². The molecule has 5 fully saturated rings. The van der Waals surface area contributed by atoms with Crippen molar-refractivity contribution in [3.05, 3.63) is 128 Å². The van der Waals surface area contributed by atoms with Crippen LogP contribution in [0.1, 0.15) is 214 Å². The second-order valence-corrected chi connectivity index (χ2v) is 30.3. The Kier molecular flexibility index (Phi) is 31.4. The van der Waals surface area contributed by atoms with Crippen molar-refractivity contribution in [3.63, 3.8) is 0 Å². The fourth-order valence-electron chi connectivity index (χ4n) is 14.0. The molecule has 100 heavy (non-hydrogen) atoms. The number of amides is 2. The summed E-state index contributed by atoms with van der Waals surface area (Å²) in [6.45, 7) is 16.8. The van der Waals surface area contributed by atoms with Crippen molar-refractivity contribution in [2.45, 2.75) is 183 Å². The summed E-state index contributed by atoms with van der Waals surface area (Å²) < 4.78 is 3.81. The zero-order valence-corrected chi connectivity index (χ0v) is 62.4. The van der Waals surface area contributed by atoms with Gasteiger partial charge in [-0.05, 0) is 231 Å². The van der Waals surface area contributed by atoms with Gasteiger partial charge in [0, 0.05) is 45.9 Å². The van der Waals surface area contributed by atoms with Gasteiger partial charge in [0.1, 0.15) is 26.7 Å². The van der Waals surface area contributed by atoms with Gasteiger partial charge in [0.25, 0.3) is 0 Å². The second kappa shape index (κ2) is 37.9. The Morgan fingerprint density at radius 3 is 1.63 bits per heavy atom. The van der Waals surface area contributed by atoms with Crippen LogP contribution in [0.5, 0.6) is 0 Å². The van der Waals surface area contributed by atoms with Crippen LogP contribution in [-0.4, -0.2) is 148 Å². The van der Waals surface area contributed by atoms with E-state index in [1.54, 1.807) is 28.4 Å². The van der Waals surface area contributed by atoms with Crippen molar-refractivity contribution in [2.24, 2.45) is 22.7 Å². The minimum absolute atomic E-state index is 0. The zero-order valence-electron chi connectivity index (χ0n) is 59.0. The normalized spacial score (nSPS) is 22.2. The molecule has 0 saturated carbocycles. The summed E-state index contributed by atoms with van der Waals surface area (Å²) in [5, 5.41) is 18.6. The van der Waals surface area contributed by atoms with Crippen LogP contribution in [0.25, 0.3) is 30.6 Å². The van der Waals surface area contributed by atoms with Gasteiger partial charge in [-0.2, -0.15) is 0 Å². The Labute approximate surface area is 631 Å². The first-order chi connectivity index (χ1) is 45.8. The first-order valence-electron chi connectivity index (χ1n) is 34.2. The van der Waals surface area contributed by atoms with Crippen molar-refractivity contribution < 1.29 is 55.3 Å². The van der Waals surface area contributed by atoms with E-state index in [1.165, 1.54) is 119 Å².